The molecule has 1 atom stereocenters. The maximum Gasteiger partial charge on any atom is 0.356 e. The molecule has 1 aliphatic rings. The first-order chi connectivity index (χ1) is 10.1. The third-order valence-corrected chi connectivity index (χ3v) is 3.47. The summed E-state index contributed by atoms with van der Waals surface area (Å²) in [6.45, 7) is 1.97. The molecule has 6 nitrogen and oxygen atoms in total. The number of hydrogen-bond donors (Lipinski definition) is 2. The molecule has 1 unspecified atom stereocenters. The van der Waals surface area contributed by atoms with Crippen molar-refractivity contribution in [2.45, 2.75) is 13.3 Å². The van der Waals surface area contributed by atoms with Crippen LogP contribution in [0.15, 0.2) is 57.8 Å². The Morgan fingerprint density at radius 3 is 2.67 bits per heavy atom. The van der Waals surface area contributed by atoms with Crippen LogP contribution in [0.3, 0.4) is 0 Å². The van der Waals surface area contributed by atoms with Crippen molar-refractivity contribution in [1.82, 2.24) is 14.3 Å². The third kappa shape index (κ3) is 2.24. The van der Waals surface area contributed by atoms with Gasteiger partial charge in [-0.1, -0.05) is 31.2 Å². The summed E-state index contributed by atoms with van der Waals surface area (Å²) >= 11 is 0. The fraction of sp³-hybridized carbons (Fsp3) is 0.200. The van der Waals surface area contributed by atoms with Crippen LogP contribution >= 0.6 is 0 Å². The Bertz CT molecular complexity index is 837. The Hall–Kier alpha value is -2.76. The van der Waals surface area contributed by atoms with Crippen molar-refractivity contribution >= 4 is 5.70 Å². The van der Waals surface area contributed by atoms with Crippen LogP contribution in [0, 0.1) is 5.92 Å². The normalized spacial score (nSPS) is 18.2. The molecular formula is C15H15N3O3. The van der Waals surface area contributed by atoms with Crippen molar-refractivity contribution in [2.24, 2.45) is 5.92 Å². The lowest BCUT2D eigenvalue weighted by Gasteiger charge is -2.16. The highest BCUT2D eigenvalue weighted by molar-refractivity contribution is 5.53. The highest BCUT2D eigenvalue weighted by Gasteiger charge is 2.20. The van der Waals surface area contributed by atoms with Crippen molar-refractivity contribution < 1.29 is 5.11 Å². The Balaban J connectivity index is 2.18. The van der Waals surface area contributed by atoms with E-state index in [1.54, 1.807) is 30.3 Å². The highest BCUT2D eigenvalue weighted by Crippen LogP contribution is 2.23. The van der Waals surface area contributed by atoms with E-state index in [9.17, 15) is 14.7 Å². The number of aromatic amines is 1. The number of H-pyrrole nitrogens is 1. The van der Waals surface area contributed by atoms with Crippen LogP contribution in [0.5, 0.6) is 0 Å². The maximum atomic E-state index is 12.5. The molecule has 3 rings (SSSR count). The number of para-hydroxylation sites is 1. The average molecular weight is 285 g/mol. The number of nitrogens with one attached hydrogen (secondary N) is 1. The number of aliphatic hydroxyl groups is 1. The minimum absolute atomic E-state index is 0.00309. The quantitative estimate of drug-likeness (QED) is 0.880. The van der Waals surface area contributed by atoms with Crippen LogP contribution in [-0.4, -0.2) is 19.5 Å². The summed E-state index contributed by atoms with van der Waals surface area (Å²) in [5, 5.41) is 12.4. The molecule has 0 bridgehead atoms. The molecule has 0 saturated heterocycles. The second-order valence-corrected chi connectivity index (χ2v) is 5.08. The lowest BCUT2D eigenvalue weighted by Crippen LogP contribution is -2.27. The first-order valence-corrected chi connectivity index (χ1v) is 6.68. The van der Waals surface area contributed by atoms with E-state index in [4.69, 9.17) is 0 Å². The number of nitrogens with zero attached hydrogens (tertiary/aromatic N) is 2. The van der Waals surface area contributed by atoms with Crippen molar-refractivity contribution in [3.8, 4) is 5.69 Å². The zero-order valence-electron chi connectivity index (χ0n) is 11.5. The fourth-order valence-corrected chi connectivity index (χ4v) is 2.40. The molecule has 1 heterocycles. The second-order valence-electron chi connectivity index (χ2n) is 5.08. The van der Waals surface area contributed by atoms with Crippen LogP contribution in [0.25, 0.3) is 11.4 Å². The van der Waals surface area contributed by atoms with Gasteiger partial charge in [0.2, 0.25) is 0 Å². The molecule has 0 amide bonds. The van der Waals surface area contributed by atoms with Gasteiger partial charge in [0.05, 0.1) is 11.4 Å². The van der Waals surface area contributed by atoms with Gasteiger partial charge in [-0.3, -0.25) is 0 Å². The molecule has 21 heavy (non-hydrogen) atoms. The largest absolute Gasteiger partial charge is 0.506 e. The number of hydrogen-bond acceptors (Lipinski definition) is 3. The number of aromatic nitrogens is 3. The lowest BCUT2D eigenvalue weighted by atomic mass is 9.99. The van der Waals surface area contributed by atoms with E-state index in [-0.39, 0.29) is 11.7 Å². The topological polar surface area (TPSA) is 80.0 Å². The predicted molar refractivity (Wildman–Crippen MR) is 79.4 cm³/mol. The molecule has 1 aromatic heterocycles. The van der Waals surface area contributed by atoms with Crippen LogP contribution in [0.4, 0.5) is 0 Å². The fourth-order valence-electron chi connectivity index (χ4n) is 2.40. The Morgan fingerprint density at radius 1 is 1.24 bits per heavy atom. The monoisotopic (exact) mass is 285 g/mol. The molecule has 0 aliphatic heterocycles. The summed E-state index contributed by atoms with van der Waals surface area (Å²) in [6.07, 6.45) is 3.89. The number of aliphatic hydroxyl groups excluding tert-OH is 1. The minimum atomic E-state index is -0.534. The van der Waals surface area contributed by atoms with E-state index in [0.29, 0.717) is 17.8 Å². The van der Waals surface area contributed by atoms with E-state index < -0.39 is 11.4 Å². The first kappa shape index (κ1) is 13.2. The first-order valence-electron chi connectivity index (χ1n) is 6.68. The average Bonchev–Trinajstić information content (AvgIpc) is 2.77. The molecule has 2 aromatic rings. The van der Waals surface area contributed by atoms with Gasteiger partial charge in [-0.25, -0.2) is 23.9 Å². The molecule has 0 fully saturated rings. The van der Waals surface area contributed by atoms with Crippen molar-refractivity contribution in [3.05, 3.63) is 69.2 Å². The molecule has 1 aromatic carbocycles. The van der Waals surface area contributed by atoms with Crippen LogP contribution in [0.1, 0.15) is 13.3 Å². The maximum absolute atomic E-state index is 12.5. The zero-order chi connectivity index (χ0) is 15.0. The Labute approximate surface area is 120 Å². The summed E-state index contributed by atoms with van der Waals surface area (Å²) in [5.41, 5.74) is -0.160. The van der Waals surface area contributed by atoms with Gasteiger partial charge in [-0.2, -0.15) is 0 Å². The van der Waals surface area contributed by atoms with Gasteiger partial charge in [0.25, 0.3) is 0 Å². The lowest BCUT2D eigenvalue weighted by molar-refractivity contribution is 0.420. The molecule has 0 spiro atoms. The molecule has 0 saturated carbocycles. The van der Waals surface area contributed by atoms with Gasteiger partial charge in [0.15, 0.2) is 0 Å². The molecule has 0 radical (unpaired) electrons. The van der Waals surface area contributed by atoms with Crippen LogP contribution < -0.4 is 11.4 Å². The van der Waals surface area contributed by atoms with Crippen molar-refractivity contribution in [1.29, 1.82) is 0 Å². The van der Waals surface area contributed by atoms with Crippen molar-refractivity contribution in [3.63, 3.8) is 0 Å². The summed E-state index contributed by atoms with van der Waals surface area (Å²) in [7, 11) is 0. The van der Waals surface area contributed by atoms with Crippen LogP contribution in [-0.2, 0) is 0 Å². The van der Waals surface area contributed by atoms with E-state index in [1.807, 2.05) is 19.1 Å². The van der Waals surface area contributed by atoms with E-state index in [0.717, 1.165) is 9.25 Å². The standard InChI is InChI=1S/C15H15N3O3/c1-10-7-8-13(19)12(9-10)18-15(21)17(14(20)16-18)11-5-3-2-4-6-11/h2-8,10,19H,9H2,1H3,(H,16,20). The molecule has 6 heteroatoms. The summed E-state index contributed by atoms with van der Waals surface area (Å²) in [4.78, 5) is 24.5. The minimum Gasteiger partial charge on any atom is -0.506 e. The third-order valence-electron chi connectivity index (χ3n) is 3.47. The van der Waals surface area contributed by atoms with Crippen LogP contribution in [0.2, 0.25) is 0 Å². The van der Waals surface area contributed by atoms with Gasteiger partial charge in [0, 0.05) is 0 Å². The van der Waals surface area contributed by atoms with E-state index >= 15 is 0 Å². The summed E-state index contributed by atoms with van der Waals surface area (Å²) in [6, 6.07) is 8.67. The van der Waals surface area contributed by atoms with E-state index in [2.05, 4.69) is 5.10 Å². The zero-order valence-corrected chi connectivity index (χ0v) is 11.5. The number of allylic oxidation sites excluding steroid dienone is 3. The molecular weight excluding hydrogens is 270 g/mol. The predicted octanol–water partition coefficient (Wildman–Crippen LogP) is 1.65. The summed E-state index contributed by atoms with van der Waals surface area (Å²) in [5.74, 6) is 0.183. The number of rotatable bonds is 2. The van der Waals surface area contributed by atoms with E-state index in [1.165, 1.54) is 0 Å². The van der Waals surface area contributed by atoms with Gasteiger partial charge in [-0.05, 0) is 30.5 Å². The number of benzene rings is 1. The Kier molecular flexibility index (Phi) is 3.13. The van der Waals surface area contributed by atoms with Gasteiger partial charge in [0.1, 0.15) is 5.76 Å². The highest BCUT2D eigenvalue weighted by atomic mass is 16.3. The SMILES string of the molecule is CC1C=CC(O)=C(n2[nH]c(=O)n(-c3ccccc3)c2=O)C1. The Morgan fingerprint density at radius 2 is 1.95 bits per heavy atom. The summed E-state index contributed by atoms with van der Waals surface area (Å²) < 4.78 is 2.16. The van der Waals surface area contributed by atoms with Gasteiger partial charge < -0.3 is 5.11 Å². The molecule has 2 N–H and O–H groups in total. The van der Waals surface area contributed by atoms with Crippen molar-refractivity contribution in [2.75, 3.05) is 0 Å². The second kappa shape index (κ2) is 4.97. The molecule has 1 aliphatic carbocycles. The van der Waals surface area contributed by atoms with Gasteiger partial charge in [-0.15, -0.1) is 0 Å². The molecule has 108 valence electrons. The van der Waals surface area contributed by atoms with Gasteiger partial charge >= 0.3 is 11.4 Å². The smallest absolute Gasteiger partial charge is 0.356 e.